The third-order valence-corrected chi connectivity index (χ3v) is 4.85. The zero-order chi connectivity index (χ0) is 19.6. The molecule has 1 aliphatic heterocycles. The summed E-state index contributed by atoms with van der Waals surface area (Å²) in [6.07, 6.45) is 3.90. The molecule has 4 aromatic rings. The van der Waals surface area contributed by atoms with E-state index in [0.29, 0.717) is 30.4 Å². The number of fused-ring (bicyclic) bond motifs is 2. The lowest BCUT2D eigenvalue weighted by Crippen LogP contribution is -2.16. The number of nitrogens with one attached hydrogen (secondary N) is 2. The van der Waals surface area contributed by atoms with Crippen molar-refractivity contribution in [2.75, 3.05) is 17.2 Å². The third kappa shape index (κ3) is 3.38. The number of carbonyl (C=O) groups is 1. The van der Waals surface area contributed by atoms with Gasteiger partial charge >= 0.3 is 0 Å². The highest BCUT2D eigenvalue weighted by Crippen LogP contribution is 2.30. The average molecular weight is 386 g/mol. The van der Waals surface area contributed by atoms with E-state index >= 15 is 0 Å². The van der Waals surface area contributed by atoms with Gasteiger partial charge in [-0.1, -0.05) is 42.5 Å². The SMILES string of the molecule is O=C(Nc1nc(NCc2ccccc2)c2c(n1)OCC2)c1cccc2cocc12. The molecule has 7 heteroatoms. The van der Waals surface area contributed by atoms with Crippen LogP contribution in [-0.2, 0) is 13.0 Å². The molecule has 2 aromatic heterocycles. The number of amides is 1. The molecular formula is C22H18N4O3. The summed E-state index contributed by atoms with van der Waals surface area (Å²) in [5.74, 6) is 1.08. The summed E-state index contributed by atoms with van der Waals surface area (Å²) in [6, 6.07) is 15.5. The van der Waals surface area contributed by atoms with E-state index in [9.17, 15) is 4.79 Å². The van der Waals surface area contributed by atoms with E-state index in [-0.39, 0.29) is 11.9 Å². The first kappa shape index (κ1) is 17.2. The van der Waals surface area contributed by atoms with Crippen LogP contribution >= 0.6 is 0 Å². The second kappa shape index (κ2) is 7.27. The minimum absolute atomic E-state index is 0.201. The van der Waals surface area contributed by atoms with E-state index in [1.54, 1.807) is 18.6 Å². The van der Waals surface area contributed by atoms with Crippen LogP contribution in [0.25, 0.3) is 10.8 Å². The minimum atomic E-state index is -0.302. The Bertz CT molecular complexity index is 1190. The fourth-order valence-corrected chi connectivity index (χ4v) is 3.40. The Morgan fingerprint density at radius 2 is 1.93 bits per heavy atom. The summed E-state index contributed by atoms with van der Waals surface area (Å²) < 4.78 is 10.8. The van der Waals surface area contributed by atoms with Gasteiger partial charge in [0.15, 0.2) is 0 Å². The lowest BCUT2D eigenvalue weighted by molar-refractivity contribution is 0.102. The maximum absolute atomic E-state index is 12.8. The number of hydrogen-bond acceptors (Lipinski definition) is 6. The van der Waals surface area contributed by atoms with Gasteiger partial charge in [0, 0.05) is 23.7 Å². The minimum Gasteiger partial charge on any atom is -0.477 e. The van der Waals surface area contributed by atoms with E-state index in [1.807, 2.05) is 42.5 Å². The Labute approximate surface area is 166 Å². The molecule has 0 atom stereocenters. The van der Waals surface area contributed by atoms with Gasteiger partial charge in [-0.05, 0) is 11.6 Å². The molecule has 0 unspecified atom stereocenters. The Kier molecular flexibility index (Phi) is 4.32. The van der Waals surface area contributed by atoms with Crippen LogP contribution in [0.15, 0.2) is 65.5 Å². The first-order valence-electron chi connectivity index (χ1n) is 9.36. The van der Waals surface area contributed by atoms with Crippen molar-refractivity contribution in [3.05, 3.63) is 77.7 Å². The molecule has 0 radical (unpaired) electrons. The summed E-state index contributed by atoms with van der Waals surface area (Å²) in [5.41, 5.74) is 2.56. The smallest absolute Gasteiger partial charge is 0.258 e. The molecule has 2 N–H and O–H groups in total. The average Bonchev–Trinajstić information content (AvgIpc) is 3.41. The van der Waals surface area contributed by atoms with E-state index < -0.39 is 0 Å². The highest BCUT2D eigenvalue weighted by molar-refractivity contribution is 6.12. The summed E-state index contributed by atoms with van der Waals surface area (Å²) in [7, 11) is 0. The predicted molar refractivity (Wildman–Crippen MR) is 109 cm³/mol. The second-order valence-electron chi connectivity index (χ2n) is 6.75. The number of aromatic nitrogens is 2. The van der Waals surface area contributed by atoms with Crippen LogP contribution in [0.4, 0.5) is 11.8 Å². The van der Waals surface area contributed by atoms with Gasteiger partial charge in [0.1, 0.15) is 5.82 Å². The fourth-order valence-electron chi connectivity index (χ4n) is 3.40. The van der Waals surface area contributed by atoms with Crippen LogP contribution in [0.5, 0.6) is 5.88 Å². The Morgan fingerprint density at radius 1 is 1.03 bits per heavy atom. The monoisotopic (exact) mass is 386 g/mol. The van der Waals surface area contributed by atoms with Crippen molar-refractivity contribution in [2.24, 2.45) is 0 Å². The first-order valence-corrected chi connectivity index (χ1v) is 9.36. The molecule has 0 bridgehead atoms. The van der Waals surface area contributed by atoms with Crippen LogP contribution in [0, 0.1) is 0 Å². The Balaban J connectivity index is 1.41. The highest BCUT2D eigenvalue weighted by Gasteiger charge is 2.22. The summed E-state index contributed by atoms with van der Waals surface area (Å²) in [4.78, 5) is 21.7. The molecule has 0 saturated carbocycles. The molecule has 0 saturated heterocycles. The maximum atomic E-state index is 12.8. The van der Waals surface area contributed by atoms with Crippen molar-refractivity contribution < 1.29 is 13.9 Å². The molecule has 1 aliphatic rings. The highest BCUT2D eigenvalue weighted by atomic mass is 16.5. The summed E-state index contributed by atoms with van der Waals surface area (Å²) in [6.45, 7) is 1.17. The molecule has 144 valence electrons. The van der Waals surface area contributed by atoms with Crippen LogP contribution < -0.4 is 15.4 Å². The number of carbonyl (C=O) groups excluding carboxylic acids is 1. The molecule has 0 fully saturated rings. The quantitative estimate of drug-likeness (QED) is 0.538. The Morgan fingerprint density at radius 3 is 2.83 bits per heavy atom. The van der Waals surface area contributed by atoms with E-state index in [4.69, 9.17) is 9.15 Å². The zero-order valence-corrected chi connectivity index (χ0v) is 15.5. The number of nitrogens with zero attached hydrogens (tertiary/aromatic N) is 2. The van der Waals surface area contributed by atoms with Crippen molar-refractivity contribution in [3.8, 4) is 5.88 Å². The van der Waals surface area contributed by atoms with Crippen molar-refractivity contribution in [1.82, 2.24) is 9.97 Å². The van der Waals surface area contributed by atoms with Crippen molar-refractivity contribution in [2.45, 2.75) is 13.0 Å². The number of hydrogen-bond donors (Lipinski definition) is 2. The first-order chi connectivity index (χ1) is 14.3. The molecule has 0 spiro atoms. The number of furan rings is 1. The predicted octanol–water partition coefficient (Wildman–Crippen LogP) is 4.02. The van der Waals surface area contributed by atoms with Gasteiger partial charge in [0.2, 0.25) is 11.8 Å². The molecule has 1 amide bonds. The van der Waals surface area contributed by atoms with Crippen molar-refractivity contribution >= 4 is 28.4 Å². The van der Waals surface area contributed by atoms with Gasteiger partial charge in [-0.3, -0.25) is 10.1 Å². The molecule has 5 rings (SSSR count). The summed E-state index contributed by atoms with van der Waals surface area (Å²) >= 11 is 0. The fraction of sp³-hybridized carbons (Fsp3) is 0.136. The molecule has 2 aromatic carbocycles. The zero-order valence-electron chi connectivity index (χ0n) is 15.5. The molecular weight excluding hydrogens is 368 g/mol. The Hall–Kier alpha value is -3.87. The normalized spacial score (nSPS) is 12.4. The van der Waals surface area contributed by atoms with Gasteiger partial charge in [-0.15, -0.1) is 0 Å². The number of ether oxygens (including phenoxy) is 1. The maximum Gasteiger partial charge on any atom is 0.258 e. The molecule has 0 aliphatic carbocycles. The van der Waals surface area contributed by atoms with Crippen molar-refractivity contribution in [3.63, 3.8) is 0 Å². The number of benzene rings is 2. The van der Waals surface area contributed by atoms with Gasteiger partial charge in [0.25, 0.3) is 5.91 Å². The van der Waals surface area contributed by atoms with E-state index in [2.05, 4.69) is 20.6 Å². The van der Waals surface area contributed by atoms with Gasteiger partial charge in [-0.2, -0.15) is 9.97 Å². The molecule has 29 heavy (non-hydrogen) atoms. The van der Waals surface area contributed by atoms with Gasteiger partial charge in [0.05, 0.1) is 30.3 Å². The lowest BCUT2D eigenvalue weighted by atomic mass is 10.1. The largest absolute Gasteiger partial charge is 0.477 e. The van der Waals surface area contributed by atoms with Crippen LogP contribution in [0.2, 0.25) is 0 Å². The van der Waals surface area contributed by atoms with Crippen molar-refractivity contribution in [1.29, 1.82) is 0 Å². The van der Waals surface area contributed by atoms with Gasteiger partial charge < -0.3 is 14.5 Å². The topological polar surface area (TPSA) is 89.3 Å². The van der Waals surface area contributed by atoms with E-state index in [1.165, 1.54) is 0 Å². The third-order valence-electron chi connectivity index (χ3n) is 4.85. The van der Waals surface area contributed by atoms with Crippen LogP contribution in [0.1, 0.15) is 21.5 Å². The van der Waals surface area contributed by atoms with Gasteiger partial charge in [-0.25, -0.2) is 0 Å². The van der Waals surface area contributed by atoms with Crippen LogP contribution in [0.3, 0.4) is 0 Å². The standard InChI is InChI=1S/C22H18N4O3/c27-20(16-8-4-7-15-12-28-13-18(15)16)25-22-24-19(17-9-10-29-21(17)26-22)23-11-14-5-2-1-3-6-14/h1-8,12-13H,9-11H2,(H2,23,24,25,26,27). The van der Waals surface area contributed by atoms with E-state index in [0.717, 1.165) is 28.3 Å². The molecule has 7 nitrogen and oxygen atoms in total. The summed E-state index contributed by atoms with van der Waals surface area (Å²) in [5, 5.41) is 7.73. The number of anilines is 2. The lowest BCUT2D eigenvalue weighted by Gasteiger charge is -2.12. The van der Waals surface area contributed by atoms with Crippen LogP contribution in [-0.4, -0.2) is 22.5 Å². The molecule has 3 heterocycles. The number of rotatable bonds is 5. The second-order valence-corrected chi connectivity index (χ2v) is 6.75.